The molecule has 3 N–H and O–H groups in total. The van der Waals surface area contributed by atoms with Crippen LogP contribution < -0.4 is 5.32 Å². The van der Waals surface area contributed by atoms with Crippen LogP contribution in [0.5, 0.6) is 0 Å². The summed E-state index contributed by atoms with van der Waals surface area (Å²) in [6.07, 6.45) is 88.1. The third-order valence-corrected chi connectivity index (χ3v) is 14.2. The Morgan fingerprint density at radius 2 is 0.643 bits per heavy atom. The Hall–Kier alpha value is -2.17. The Morgan fingerprint density at radius 3 is 1.00 bits per heavy atom. The van der Waals surface area contributed by atoms with E-state index < -0.39 is 12.1 Å². The fraction of sp³-hybridized carbons (Fsp3) is 0.803. The Morgan fingerprint density at radius 1 is 0.357 bits per heavy atom. The van der Waals surface area contributed by atoms with Gasteiger partial charge in [0.25, 0.3) is 0 Å². The normalized spacial score (nSPS) is 13.3. The van der Waals surface area contributed by atoms with Crippen molar-refractivity contribution in [3.05, 3.63) is 72.9 Å². The lowest BCUT2D eigenvalue weighted by Crippen LogP contribution is -2.45. The van der Waals surface area contributed by atoms with Crippen LogP contribution in [0.2, 0.25) is 0 Å². The van der Waals surface area contributed by atoms with Crippen LogP contribution in [0.4, 0.5) is 0 Å². The van der Waals surface area contributed by atoms with Crippen LogP contribution in [0.15, 0.2) is 72.9 Å². The Labute approximate surface area is 438 Å². The summed E-state index contributed by atoms with van der Waals surface area (Å²) in [7, 11) is 0. The number of nitrogens with one attached hydrogen (secondary N) is 1. The van der Waals surface area contributed by atoms with Crippen LogP contribution in [0.1, 0.15) is 322 Å². The number of aliphatic hydroxyl groups excluding tert-OH is 2. The highest BCUT2D eigenvalue weighted by Crippen LogP contribution is 2.18. The number of aliphatic hydroxyl groups is 2. The van der Waals surface area contributed by atoms with E-state index in [0.717, 1.165) is 57.8 Å². The van der Waals surface area contributed by atoms with Crippen molar-refractivity contribution >= 4 is 5.91 Å². The maximum atomic E-state index is 12.5. The van der Waals surface area contributed by atoms with Gasteiger partial charge in [-0.3, -0.25) is 4.79 Å². The summed E-state index contributed by atoms with van der Waals surface area (Å²) in [6, 6.07) is -0.644. The van der Waals surface area contributed by atoms with Gasteiger partial charge in [-0.05, 0) is 70.6 Å². The largest absolute Gasteiger partial charge is 0.394 e. The van der Waals surface area contributed by atoms with Crippen LogP contribution >= 0.6 is 0 Å². The van der Waals surface area contributed by atoms with E-state index in [1.807, 2.05) is 6.08 Å². The van der Waals surface area contributed by atoms with Crippen LogP contribution in [0.25, 0.3) is 0 Å². The van der Waals surface area contributed by atoms with Crippen molar-refractivity contribution in [2.24, 2.45) is 0 Å². The summed E-state index contributed by atoms with van der Waals surface area (Å²) in [5.41, 5.74) is 0. The molecule has 1 amide bonds. The number of allylic oxidation sites excluding steroid dienone is 11. The second-order valence-electron chi connectivity index (χ2n) is 21.1. The lowest BCUT2D eigenvalue weighted by Gasteiger charge is -2.19. The van der Waals surface area contributed by atoms with Crippen molar-refractivity contribution in [1.29, 1.82) is 0 Å². The van der Waals surface area contributed by atoms with Crippen molar-refractivity contribution < 1.29 is 15.0 Å². The molecular formula is C66H121NO3. The van der Waals surface area contributed by atoms with Crippen molar-refractivity contribution in [2.45, 2.75) is 334 Å². The Balaban J connectivity index is 3.50. The minimum absolute atomic E-state index is 0.0730. The molecule has 70 heavy (non-hydrogen) atoms. The molecule has 0 aliphatic carbocycles. The summed E-state index contributed by atoms with van der Waals surface area (Å²) in [5, 5.41) is 23.2. The number of carbonyl (C=O) groups excluding carboxylic acids is 1. The van der Waals surface area contributed by atoms with Gasteiger partial charge >= 0.3 is 0 Å². The molecule has 0 fully saturated rings. The molecule has 0 spiro atoms. The second-order valence-corrected chi connectivity index (χ2v) is 21.1. The first-order chi connectivity index (χ1) is 34.7. The molecule has 2 atom stereocenters. The van der Waals surface area contributed by atoms with Crippen LogP contribution in [0, 0.1) is 0 Å². The highest BCUT2D eigenvalue weighted by molar-refractivity contribution is 5.76. The molecule has 4 heteroatoms. The third kappa shape index (κ3) is 56.7. The van der Waals surface area contributed by atoms with E-state index in [9.17, 15) is 15.0 Å². The maximum absolute atomic E-state index is 12.5. The zero-order valence-corrected chi connectivity index (χ0v) is 47.0. The molecule has 0 aliphatic heterocycles. The summed E-state index contributed by atoms with van der Waals surface area (Å²) in [5.74, 6) is -0.0730. The van der Waals surface area contributed by atoms with Crippen molar-refractivity contribution in [2.75, 3.05) is 6.61 Å². The number of amides is 1. The van der Waals surface area contributed by atoms with Gasteiger partial charge in [0.05, 0.1) is 18.8 Å². The SMILES string of the molecule is CC/C=C\C/C=C\C/C=C\C/C=C\CCCCCCCCCCCCCCCCC(=O)NC(CO)C(O)/C=C/CC/C=C/CCCCCCCCCCCCCCCCCCCCCCCCCCC. The van der Waals surface area contributed by atoms with Gasteiger partial charge < -0.3 is 15.5 Å². The Kier molecular flexibility index (Phi) is 59.2. The minimum Gasteiger partial charge on any atom is -0.394 e. The van der Waals surface area contributed by atoms with E-state index >= 15 is 0 Å². The molecular weight excluding hydrogens is 855 g/mol. The van der Waals surface area contributed by atoms with Crippen molar-refractivity contribution in [1.82, 2.24) is 5.32 Å². The smallest absolute Gasteiger partial charge is 0.220 e. The highest BCUT2D eigenvalue weighted by atomic mass is 16.3. The molecule has 0 aliphatic rings. The molecule has 0 radical (unpaired) electrons. The molecule has 0 heterocycles. The summed E-state index contributed by atoms with van der Waals surface area (Å²) in [6.45, 7) is 4.21. The van der Waals surface area contributed by atoms with Gasteiger partial charge in [-0.2, -0.15) is 0 Å². The van der Waals surface area contributed by atoms with Gasteiger partial charge in [-0.25, -0.2) is 0 Å². The second kappa shape index (κ2) is 61.1. The lowest BCUT2D eigenvalue weighted by atomic mass is 10.0. The fourth-order valence-corrected chi connectivity index (χ4v) is 9.48. The van der Waals surface area contributed by atoms with E-state index in [2.05, 4.69) is 79.9 Å². The van der Waals surface area contributed by atoms with Gasteiger partial charge in [-0.15, -0.1) is 0 Å². The monoisotopic (exact) mass is 976 g/mol. The third-order valence-electron chi connectivity index (χ3n) is 14.2. The van der Waals surface area contributed by atoms with E-state index in [1.165, 1.54) is 244 Å². The summed E-state index contributed by atoms with van der Waals surface area (Å²) >= 11 is 0. The van der Waals surface area contributed by atoms with Gasteiger partial charge in [0.15, 0.2) is 0 Å². The van der Waals surface area contributed by atoms with E-state index in [1.54, 1.807) is 6.08 Å². The molecule has 0 saturated heterocycles. The highest BCUT2D eigenvalue weighted by Gasteiger charge is 2.18. The molecule has 0 aromatic carbocycles. The number of hydrogen-bond donors (Lipinski definition) is 3. The van der Waals surface area contributed by atoms with Gasteiger partial charge in [0.2, 0.25) is 5.91 Å². The Bertz CT molecular complexity index is 1200. The standard InChI is InChI=1S/C66H121NO3/c1-3-5-7-9-11-13-15-17-19-21-23-25-27-29-31-32-33-34-36-37-39-41-43-45-47-49-51-53-55-57-59-61-65(69)64(63-68)67-66(70)62-60-58-56-54-52-50-48-46-44-42-40-38-35-30-28-26-24-22-20-18-16-14-12-10-8-6-4-2/h6,8,12,14,18,20,24,26,51,53,59,61,64-65,68-69H,3-5,7,9-11,13,15-17,19,21-23,25,27-50,52,54-58,60,62-63H2,1-2H3,(H,67,70)/b8-6-,14-12-,20-18-,26-24-,53-51+,61-59+. The van der Waals surface area contributed by atoms with Gasteiger partial charge in [0, 0.05) is 6.42 Å². The van der Waals surface area contributed by atoms with Crippen molar-refractivity contribution in [3.8, 4) is 0 Å². The predicted octanol–water partition coefficient (Wildman–Crippen LogP) is 20.9. The molecule has 0 aromatic rings. The fourth-order valence-electron chi connectivity index (χ4n) is 9.48. The van der Waals surface area contributed by atoms with E-state index in [4.69, 9.17) is 0 Å². The minimum atomic E-state index is -0.867. The first-order valence-electron chi connectivity index (χ1n) is 31.2. The average molecular weight is 977 g/mol. The number of hydrogen-bond acceptors (Lipinski definition) is 3. The van der Waals surface area contributed by atoms with Crippen molar-refractivity contribution in [3.63, 3.8) is 0 Å². The zero-order valence-electron chi connectivity index (χ0n) is 47.0. The molecule has 4 nitrogen and oxygen atoms in total. The summed E-state index contributed by atoms with van der Waals surface area (Å²) in [4.78, 5) is 12.5. The average Bonchev–Trinajstić information content (AvgIpc) is 3.36. The first kappa shape index (κ1) is 67.8. The van der Waals surface area contributed by atoms with Crippen LogP contribution in [0.3, 0.4) is 0 Å². The first-order valence-corrected chi connectivity index (χ1v) is 31.2. The zero-order chi connectivity index (χ0) is 50.6. The van der Waals surface area contributed by atoms with Gasteiger partial charge in [0.1, 0.15) is 0 Å². The topological polar surface area (TPSA) is 69.6 Å². The molecule has 0 aromatic heterocycles. The summed E-state index contributed by atoms with van der Waals surface area (Å²) < 4.78 is 0. The van der Waals surface area contributed by atoms with Crippen LogP contribution in [-0.4, -0.2) is 34.9 Å². The molecule has 0 saturated carbocycles. The predicted molar refractivity (Wildman–Crippen MR) is 313 cm³/mol. The lowest BCUT2D eigenvalue weighted by molar-refractivity contribution is -0.123. The molecule has 0 rings (SSSR count). The maximum Gasteiger partial charge on any atom is 0.220 e. The molecule has 0 bridgehead atoms. The number of carbonyl (C=O) groups is 1. The van der Waals surface area contributed by atoms with Crippen LogP contribution in [-0.2, 0) is 4.79 Å². The quantitative estimate of drug-likeness (QED) is 0.0420. The molecule has 408 valence electrons. The number of rotatable bonds is 57. The van der Waals surface area contributed by atoms with E-state index in [-0.39, 0.29) is 12.5 Å². The number of unbranched alkanes of at least 4 members (excludes halogenated alkanes) is 40. The molecule has 2 unspecified atom stereocenters. The van der Waals surface area contributed by atoms with Gasteiger partial charge in [-0.1, -0.05) is 318 Å². The van der Waals surface area contributed by atoms with E-state index in [0.29, 0.717) is 6.42 Å².